The van der Waals surface area contributed by atoms with E-state index < -0.39 is 11.2 Å². The lowest BCUT2D eigenvalue weighted by Crippen LogP contribution is -2.34. The number of ether oxygens (including phenoxy) is 2. The third kappa shape index (κ3) is 3.65. The monoisotopic (exact) mass is 332 g/mol. The molecule has 8 heteroatoms. The normalized spacial score (nSPS) is 10.8. The number of nitrogens with zero attached hydrogens (tertiary/aromatic N) is 3. The SMILES string of the molecule is CCN(/N=C/c1ccc(OC)c(OC)c1)c1cc(=O)n(C)c(=O)[nH]1. The van der Waals surface area contributed by atoms with Crippen molar-refractivity contribution in [3.05, 3.63) is 50.7 Å². The van der Waals surface area contributed by atoms with Crippen molar-refractivity contribution in [2.24, 2.45) is 12.1 Å². The second-order valence-electron chi connectivity index (χ2n) is 4.93. The Bertz CT molecular complexity index is 823. The molecular weight excluding hydrogens is 312 g/mol. The second-order valence-corrected chi connectivity index (χ2v) is 4.93. The fourth-order valence-corrected chi connectivity index (χ4v) is 2.07. The summed E-state index contributed by atoms with van der Waals surface area (Å²) in [5.41, 5.74) is -0.0944. The van der Waals surface area contributed by atoms with Crippen LogP contribution in [0, 0.1) is 0 Å². The van der Waals surface area contributed by atoms with Crippen molar-refractivity contribution in [3.63, 3.8) is 0 Å². The lowest BCUT2D eigenvalue weighted by Gasteiger charge is -2.16. The standard InChI is InChI=1S/C16H20N4O4/c1-5-20(14-9-15(21)19(2)16(22)18-14)17-10-11-6-7-12(23-3)13(8-11)24-4/h6-10H,5H2,1-4H3,(H,18,22)/b17-10+. The van der Waals surface area contributed by atoms with E-state index >= 15 is 0 Å². The average Bonchev–Trinajstić information content (AvgIpc) is 2.59. The van der Waals surface area contributed by atoms with E-state index in [2.05, 4.69) is 10.1 Å². The third-order valence-electron chi connectivity index (χ3n) is 3.46. The molecule has 128 valence electrons. The summed E-state index contributed by atoms with van der Waals surface area (Å²) in [4.78, 5) is 26.1. The minimum Gasteiger partial charge on any atom is -0.493 e. The first-order valence-corrected chi connectivity index (χ1v) is 7.34. The summed E-state index contributed by atoms with van der Waals surface area (Å²) < 4.78 is 11.4. The maximum absolute atomic E-state index is 11.7. The van der Waals surface area contributed by atoms with Gasteiger partial charge in [-0.25, -0.2) is 9.80 Å². The molecule has 0 saturated carbocycles. The molecule has 1 aromatic carbocycles. The van der Waals surface area contributed by atoms with Crippen molar-refractivity contribution < 1.29 is 9.47 Å². The lowest BCUT2D eigenvalue weighted by molar-refractivity contribution is 0.355. The Labute approximate surface area is 139 Å². The van der Waals surface area contributed by atoms with Crippen LogP contribution in [0.1, 0.15) is 12.5 Å². The molecule has 0 spiro atoms. The van der Waals surface area contributed by atoms with Gasteiger partial charge in [0.1, 0.15) is 5.82 Å². The summed E-state index contributed by atoms with van der Waals surface area (Å²) in [7, 11) is 4.53. The van der Waals surface area contributed by atoms with Crippen LogP contribution in [-0.2, 0) is 7.05 Å². The summed E-state index contributed by atoms with van der Waals surface area (Å²) in [6.07, 6.45) is 1.61. The fourth-order valence-electron chi connectivity index (χ4n) is 2.07. The van der Waals surface area contributed by atoms with E-state index in [0.717, 1.165) is 10.1 Å². The molecule has 0 aliphatic rings. The summed E-state index contributed by atoms with van der Waals surface area (Å²) >= 11 is 0. The van der Waals surface area contributed by atoms with Gasteiger partial charge in [0.15, 0.2) is 11.5 Å². The molecule has 0 saturated heterocycles. The van der Waals surface area contributed by atoms with E-state index in [1.54, 1.807) is 32.6 Å². The molecule has 24 heavy (non-hydrogen) atoms. The van der Waals surface area contributed by atoms with Gasteiger partial charge in [0.05, 0.1) is 20.4 Å². The molecule has 0 amide bonds. The van der Waals surface area contributed by atoms with Crippen LogP contribution < -0.4 is 25.7 Å². The maximum Gasteiger partial charge on any atom is 0.329 e. The zero-order valence-corrected chi connectivity index (χ0v) is 14.1. The van der Waals surface area contributed by atoms with E-state index in [0.29, 0.717) is 23.9 Å². The van der Waals surface area contributed by atoms with E-state index in [4.69, 9.17) is 9.47 Å². The highest BCUT2D eigenvalue weighted by Crippen LogP contribution is 2.26. The summed E-state index contributed by atoms with van der Waals surface area (Å²) in [6.45, 7) is 2.34. The number of rotatable bonds is 6. The summed E-state index contributed by atoms with van der Waals surface area (Å²) in [5.74, 6) is 1.55. The molecule has 1 N–H and O–H groups in total. The highest BCUT2D eigenvalue weighted by molar-refractivity contribution is 5.81. The van der Waals surface area contributed by atoms with Gasteiger partial charge in [0, 0.05) is 19.7 Å². The molecule has 0 fully saturated rings. The number of anilines is 1. The number of hydrogen-bond donors (Lipinski definition) is 1. The van der Waals surface area contributed by atoms with Crippen molar-refractivity contribution in [1.82, 2.24) is 9.55 Å². The number of hydrazone groups is 1. The smallest absolute Gasteiger partial charge is 0.329 e. The van der Waals surface area contributed by atoms with Crippen LogP contribution in [0.2, 0.25) is 0 Å². The molecule has 0 unspecified atom stereocenters. The molecule has 0 aliphatic carbocycles. The van der Waals surface area contributed by atoms with Crippen LogP contribution in [0.4, 0.5) is 5.82 Å². The van der Waals surface area contributed by atoms with Gasteiger partial charge in [-0.1, -0.05) is 0 Å². The van der Waals surface area contributed by atoms with Gasteiger partial charge in [-0.05, 0) is 30.7 Å². The van der Waals surface area contributed by atoms with Gasteiger partial charge >= 0.3 is 5.69 Å². The molecular formula is C16H20N4O4. The molecule has 0 bridgehead atoms. The predicted octanol–water partition coefficient (Wildman–Crippen LogP) is 0.951. The van der Waals surface area contributed by atoms with Gasteiger partial charge in [0.2, 0.25) is 0 Å². The fraction of sp³-hybridized carbons (Fsp3) is 0.312. The van der Waals surface area contributed by atoms with Crippen LogP contribution in [0.25, 0.3) is 0 Å². The average molecular weight is 332 g/mol. The Kier molecular flexibility index (Phi) is 5.41. The zero-order chi connectivity index (χ0) is 17.7. The van der Waals surface area contributed by atoms with Crippen molar-refractivity contribution in [1.29, 1.82) is 0 Å². The molecule has 2 aromatic rings. The number of aromatic nitrogens is 2. The number of methoxy groups -OCH3 is 2. The maximum atomic E-state index is 11.7. The van der Waals surface area contributed by atoms with Crippen LogP contribution >= 0.6 is 0 Å². The van der Waals surface area contributed by atoms with E-state index in [1.165, 1.54) is 18.1 Å². The minimum absolute atomic E-state index is 0.335. The Morgan fingerprint density at radius 1 is 1.21 bits per heavy atom. The minimum atomic E-state index is -0.489. The summed E-state index contributed by atoms with van der Waals surface area (Å²) in [5, 5.41) is 5.85. The topological polar surface area (TPSA) is 88.9 Å². The molecule has 1 aromatic heterocycles. The molecule has 1 heterocycles. The second kappa shape index (κ2) is 7.49. The van der Waals surface area contributed by atoms with Gasteiger partial charge < -0.3 is 9.47 Å². The van der Waals surface area contributed by atoms with Crippen LogP contribution in [0.15, 0.2) is 39.0 Å². The van der Waals surface area contributed by atoms with Gasteiger partial charge in [0.25, 0.3) is 5.56 Å². The molecule has 2 rings (SSSR count). The lowest BCUT2D eigenvalue weighted by atomic mass is 10.2. The van der Waals surface area contributed by atoms with Gasteiger partial charge in [-0.3, -0.25) is 14.3 Å². The van der Waals surface area contributed by atoms with E-state index in [1.807, 2.05) is 13.0 Å². The van der Waals surface area contributed by atoms with E-state index in [-0.39, 0.29) is 0 Å². The van der Waals surface area contributed by atoms with Crippen molar-refractivity contribution in [2.75, 3.05) is 25.8 Å². The Hall–Kier alpha value is -3.03. The number of hydrogen-bond acceptors (Lipinski definition) is 6. The van der Waals surface area contributed by atoms with Crippen molar-refractivity contribution >= 4 is 12.0 Å². The first kappa shape index (κ1) is 17.3. The number of nitrogens with one attached hydrogen (secondary N) is 1. The number of aromatic amines is 1. The number of benzene rings is 1. The van der Waals surface area contributed by atoms with Crippen LogP contribution in [0.3, 0.4) is 0 Å². The van der Waals surface area contributed by atoms with Crippen LogP contribution in [0.5, 0.6) is 11.5 Å². The number of H-pyrrole nitrogens is 1. The molecule has 0 radical (unpaired) electrons. The van der Waals surface area contributed by atoms with Crippen LogP contribution in [-0.4, -0.2) is 36.5 Å². The van der Waals surface area contributed by atoms with Gasteiger partial charge in [-0.15, -0.1) is 0 Å². The largest absolute Gasteiger partial charge is 0.493 e. The predicted molar refractivity (Wildman–Crippen MR) is 92.5 cm³/mol. The molecule has 0 atom stereocenters. The van der Waals surface area contributed by atoms with Gasteiger partial charge in [-0.2, -0.15) is 5.10 Å². The first-order chi connectivity index (χ1) is 11.5. The Morgan fingerprint density at radius 3 is 2.50 bits per heavy atom. The van der Waals surface area contributed by atoms with E-state index in [9.17, 15) is 9.59 Å². The van der Waals surface area contributed by atoms with Crippen molar-refractivity contribution in [2.45, 2.75) is 6.92 Å². The highest BCUT2D eigenvalue weighted by atomic mass is 16.5. The van der Waals surface area contributed by atoms with Crippen molar-refractivity contribution in [3.8, 4) is 11.5 Å². The molecule has 8 nitrogen and oxygen atoms in total. The quantitative estimate of drug-likeness (QED) is 0.628. The third-order valence-corrected chi connectivity index (χ3v) is 3.46. The Balaban J connectivity index is 2.32. The highest BCUT2D eigenvalue weighted by Gasteiger charge is 2.07. The zero-order valence-electron chi connectivity index (χ0n) is 14.1. The molecule has 0 aliphatic heterocycles. The Morgan fingerprint density at radius 2 is 1.92 bits per heavy atom. The summed E-state index contributed by atoms with van der Waals surface area (Å²) in [6, 6.07) is 6.71. The first-order valence-electron chi connectivity index (χ1n) is 7.34.